The molecule has 2 rings (SSSR count). The standard InChI is InChI=1S/C13H20N4/c1-10-8-11-13(15-9-10)17-12(16-11)6-4-2-3-5-7-14/h8-9H,2-7,14H2,1H3,(H,15,16,17). The molecule has 0 saturated heterocycles. The zero-order valence-corrected chi connectivity index (χ0v) is 10.4. The highest BCUT2D eigenvalue weighted by Gasteiger charge is 2.03. The molecule has 2 aromatic heterocycles. The number of rotatable bonds is 6. The van der Waals surface area contributed by atoms with Gasteiger partial charge in [-0.3, -0.25) is 0 Å². The number of aromatic nitrogens is 3. The minimum atomic E-state index is 0.799. The minimum Gasteiger partial charge on any atom is -0.341 e. The van der Waals surface area contributed by atoms with E-state index in [0.717, 1.165) is 41.9 Å². The van der Waals surface area contributed by atoms with Crippen LogP contribution in [0, 0.1) is 6.92 Å². The number of aryl methyl sites for hydroxylation is 2. The number of hydrogen-bond acceptors (Lipinski definition) is 3. The molecule has 0 saturated carbocycles. The van der Waals surface area contributed by atoms with Crippen LogP contribution in [0.4, 0.5) is 0 Å². The van der Waals surface area contributed by atoms with E-state index in [9.17, 15) is 0 Å². The van der Waals surface area contributed by atoms with Gasteiger partial charge in [0.2, 0.25) is 0 Å². The van der Waals surface area contributed by atoms with Gasteiger partial charge in [0.1, 0.15) is 5.82 Å². The lowest BCUT2D eigenvalue weighted by atomic mass is 10.1. The molecule has 0 radical (unpaired) electrons. The summed E-state index contributed by atoms with van der Waals surface area (Å²) in [4.78, 5) is 12.1. The Labute approximate surface area is 102 Å². The van der Waals surface area contributed by atoms with Crippen molar-refractivity contribution < 1.29 is 0 Å². The molecule has 0 aliphatic carbocycles. The Morgan fingerprint density at radius 1 is 1.24 bits per heavy atom. The largest absolute Gasteiger partial charge is 0.341 e. The first kappa shape index (κ1) is 12.0. The molecule has 4 nitrogen and oxygen atoms in total. The maximum atomic E-state index is 5.46. The number of hydrogen-bond donors (Lipinski definition) is 2. The van der Waals surface area contributed by atoms with Gasteiger partial charge in [-0.2, -0.15) is 0 Å². The number of fused-ring (bicyclic) bond motifs is 1. The summed E-state index contributed by atoms with van der Waals surface area (Å²) < 4.78 is 0. The van der Waals surface area contributed by atoms with Gasteiger partial charge >= 0.3 is 0 Å². The average molecular weight is 232 g/mol. The van der Waals surface area contributed by atoms with E-state index >= 15 is 0 Å². The van der Waals surface area contributed by atoms with Crippen LogP contribution < -0.4 is 5.73 Å². The summed E-state index contributed by atoms with van der Waals surface area (Å²) in [7, 11) is 0. The summed E-state index contributed by atoms with van der Waals surface area (Å²) in [5.41, 5.74) is 8.49. The summed E-state index contributed by atoms with van der Waals surface area (Å²) in [5, 5.41) is 0. The van der Waals surface area contributed by atoms with E-state index < -0.39 is 0 Å². The lowest BCUT2D eigenvalue weighted by Crippen LogP contribution is -1.98. The molecule has 0 fully saturated rings. The fourth-order valence-corrected chi connectivity index (χ4v) is 1.96. The fraction of sp³-hybridized carbons (Fsp3) is 0.538. The predicted molar refractivity (Wildman–Crippen MR) is 69.9 cm³/mol. The number of pyridine rings is 1. The van der Waals surface area contributed by atoms with Crippen LogP contribution in [0.15, 0.2) is 12.3 Å². The third kappa shape index (κ3) is 3.27. The molecule has 2 heterocycles. The highest BCUT2D eigenvalue weighted by Crippen LogP contribution is 2.12. The number of unbranched alkanes of at least 4 members (excludes halogenated alkanes) is 3. The van der Waals surface area contributed by atoms with Crippen LogP contribution in [-0.2, 0) is 6.42 Å². The summed E-state index contributed by atoms with van der Waals surface area (Å²) >= 11 is 0. The van der Waals surface area contributed by atoms with Crippen LogP contribution in [0.5, 0.6) is 0 Å². The van der Waals surface area contributed by atoms with Crippen molar-refractivity contribution in [1.82, 2.24) is 15.0 Å². The molecule has 0 amide bonds. The van der Waals surface area contributed by atoms with E-state index in [1.165, 1.54) is 19.3 Å². The summed E-state index contributed by atoms with van der Waals surface area (Å²) in [6.45, 7) is 2.84. The molecule has 0 atom stereocenters. The van der Waals surface area contributed by atoms with Gasteiger partial charge in [-0.15, -0.1) is 0 Å². The van der Waals surface area contributed by atoms with Gasteiger partial charge in [0.05, 0.1) is 5.52 Å². The second-order valence-electron chi connectivity index (χ2n) is 4.52. The van der Waals surface area contributed by atoms with E-state index in [4.69, 9.17) is 5.73 Å². The molecule has 0 aromatic carbocycles. The normalized spacial score (nSPS) is 11.2. The number of nitrogens with one attached hydrogen (secondary N) is 1. The first-order valence-corrected chi connectivity index (χ1v) is 6.31. The molecule has 17 heavy (non-hydrogen) atoms. The molecule has 3 N–H and O–H groups in total. The fourth-order valence-electron chi connectivity index (χ4n) is 1.96. The zero-order valence-electron chi connectivity index (χ0n) is 10.4. The Hall–Kier alpha value is -1.42. The Morgan fingerprint density at radius 3 is 2.88 bits per heavy atom. The van der Waals surface area contributed by atoms with E-state index in [1.807, 2.05) is 13.1 Å². The van der Waals surface area contributed by atoms with Gasteiger partial charge < -0.3 is 10.7 Å². The Bertz CT molecular complexity index is 475. The van der Waals surface area contributed by atoms with Crippen molar-refractivity contribution in [2.45, 2.75) is 39.0 Å². The molecule has 92 valence electrons. The van der Waals surface area contributed by atoms with E-state index in [-0.39, 0.29) is 0 Å². The van der Waals surface area contributed by atoms with Crippen molar-refractivity contribution in [1.29, 1.82) is 0 Å². The van der Waals surface area contributed by atoms with Gasteiger partial charge in [-0.1, -0.05) is 12.8 Å². The third-order valence-electron chi connectivity index (χ3n) is 2.89. The average Bonchev–Trinajstić information content (AvgIpc) is 2.70. The number of nitrogens with two attached hydrogens (primary N) is 1. The van der Waals surface area contributed by atoms with Crippen molar-refractivity contribution in [3.8, 4) is 0 Å². The maximum absolute atomic E-state index is 5.46. The predicted octanol–water partition coefficient (Wildman–Crippen LogP) is 2.33. The first-order valence-electron chi connectivity index (χ1n) is 6.31. The highest BCUT2D eigenvalue weighted by atomic mass is 15.0. The number of nitrogens with zero attached hydrogens (tertiary/aromatic N) is 2. The van der Waals surface area contributed by atoms with E-state index in [2.05, 4.69) is 21.0 Å². The van der Waals surface area contributed by atoms with Crippen LogP contribution in [0.1, 0.15) is 37.1 Å². The second kappa shape index (κ2) is 5.77. The second-order valence-corrected chi connectivity index (χ2v) is 4.52. The van der Waals surface area contributed by atoms with Crippen molar-refractivity contribution in [3.05, 3.63) is 23.7 Å². The van der Waals surface area contributed by atoms with Gasteiger partial charge in [0.25, 0.3) is 0 Å². The highest BCUT2D eigenvalue weighted by molar-refractivity contribution is 5.70. The lowest BCUT2D eigenvalue weighted by Gasteiger charge is -1.97. The van der Waals surface area contributed by atoms with Crippen LogP contribution in [0.3, 0.4) is 0 Å². The maximum Gasteiger partial charge on any atom is 0.177 e. The number of imidazole rings is 1. The van der Waals surface area contributed by atoms with Crippen molar-refractivity contribution in [2.24, 2.45) is 5.73 Å². The summed E-state index contributed by atoms with van der Waals surface area (Å²) in [6, 6.07) is 2.09. The SMILES string of the molecule is Cc1cnc2nc(CCCCCCN)[nH]c2c1. The summed E-state index contributed by atoms with van der Waals surface area (Å²) in [5.74, 6) is 1.05. The topological polar surface area (TPSA) is 67.6 Å². The first-order chi connectivity index (χ1) is 8.29. The lowest BCUT2D eigenvalue weighted by molar-refractivity contribution is 0.638. The molecule has 0 unspecified atom stereocenters. The molecule has 0 spiro atoms. The minimum absolute atomic E-state index is 0.799. The van der Waals surface area contributed by atoms with Crippen LogP contribution in [-0.4, -0.2) is 21.5 Å². The molecule has 0 bridgehead atoms. The van der Waals surface area contributed by atoms with Gasteiger partial charge in [-0.05, 0) is 37.9 Å². The Kier molecular flexibility index (Phi) is 4.09. The van der Waals surface area contributed by atoms with Gasteiger partial charge in [0, 0.05) is 12.6 Å². The Balaban J connectivity index is 1.91. The monoisotopic (exact) mass is 232 g/mol. The third-order valence-corrected chi connectivity index (χ3v) is 2.89. The molecular weight excluding hydrogens is 212 g/mol. The van der Waals surface area contributed by atoms with E-state index in [0.29, 0.717) is 0 Å². The van der Waals surface area contributed by atoms with Crippen LogP contribution >= 0.6 is 0 Å². The quantitative estimate of drug-likeness (QED) is 0.751. The number of aromatic amines is 1. The molecule has 0 aliphatic heterocycles. The van der Waals surface area contributed by atoms with Gasteiger partial charge in [0.15, 0.2) is 5.65 Å². The van der Waals surface area contributed by atoms with Crippen LogP contribution in [0.25, 0.3) is 11.2 Å². The molecule has 2 aromatic rings. The Morgan fingerprint density at radius 2 is 2.06 bits per heavy atom. The molecule has 4 heteroatoms. The molecular formula is C13H20N4. The molecule has 0 aliphatic rings. The van der Waals surface area contributed by atoms with Crippen LogP contribution in [0.2, 0.25) is 0 Å². The van der Waals surface area contributed by atoms with Crippen molar-refractivity contribution in [3.63, 3.8) is 0 Å². The van der Waals surface area contributed by atoms with Crippen molar-refractivity contribution in [2.75, 3.05) is 6.54 Å². The summed E-state index contributed by atoms with van der Waals surface area (Å²) in [6.07, 6.45) is 7.59. The van der Waals surface area contributed by atoms with Gasteiger partial charge in [-0.25, -0.2) is 9.97 Å². The van der Waals surface area contributed by atoms with Crippen molar-refractivity contribution >= 4 is 11.2 Å². The number of H-pyrrole nitrogens is 1. The van der Waals surface area contributed by atoms with E-state index in [1.54, 1.807) is 0 Å². The zero-order chi connectivity index (χ0) is 12.1. The smallest absolute Gasteiger partial charge is 0.177 e.